The molecule has 0 saturated carbocycles. The number of rotatable bonds is 6. The number of carbonyl (C=O) groups excluding carboxylic acids is 2. The van der Waals surface area contributed by atoms with Crippen LogP contribution in [-0.4, -0.2) is 55.0 Å². The second-order valence-corrected chi connectivity index (χ2v) is 8.14. The van der Waals surface area contributed by atoms with Crippen molar-refractivity contribution in [3.05, 3.63) is 65.7 Å². The van der Waals surface area contributed by atoms with Gasteiger partial charge >= 0.3 is 6.18 Å². The number of nitrogens with one attached hydrogen (secondary N) is 1. The molecule has 0 spiro atoms. The molecule has 1 aliphatic heterocycles. The van der Waals surface area contributed by atoms with Crippen molar-refractivity contribution in [3.63, 3.8) is 0 Å². The molecule has 1 aliphatic rings. The summed E-state index contributed by atoms with van der Waals surface area (Å²) in [6.07, 6.45) is -4.77. The van der Waals surface area contributed by atoms with Gasteiger partial charge in [0.25, 0.3) is 0 Å². The second kappa shape index (κ2) is 9.09. The summed E-state index contributed by atoms with van der Waals surface area (Å²) in [5.74, 6) is -1.13. The molecule has 5 nitrogen and oxygen atoms in total. The number of nitrogens with zero attached hydrogens (tertiary/aromatic N) is 2. The fourth-order valence-electron chi connectivity index (χ4n) is 3.70. The number of likely N-dealkylation sites (tertiary alicyclic amines) is 1. The predicted molar refractivity (Wildman–Crippen MR) is 112 cm³/mol. The highest BCUT2D eigenvalue weighted by atomic mass is 19.4. The molecule has 2 amide bonds. The number of hydrogen-bond acceptors (Lipinski definition) is 3. The molecule has 3 rings (SSSR count). The molecular weight excluding hydrogens is 407 g/mol. The topological polar surface area (TPSA) is 52.7 Å². The minimum atomic E-state index is -4.67. The van der Waals surface area contributed by atoms with Gasteiger partial charge in [0.05, 0.1) is 6.42 Å². The maximum absolute atomic E-state index is 14.0. The predicted octanol–water partition coefficient (Wildman–Crippen LogP) is 3.71. The van der Waals surface area contributed by atoms with E-state index < -0.39 is 17.5 Å². The van der Waals surface area contributed by atoms with Crippen molar-refractivity contribution >= 4 is 17.5 Å². The molecule has 0 aromatic heterocycles. The zero-order valence-electron chi connectivity index (χ0n) is 17.6. The molecule has 2 aromatic carbocycles. The Kier molecular flexibility index (Phi) is 6.69. The van der Waals surface area contributed by atoms with Gasteiger partial charge in [0.15, 0.2) is 5.41 Å². The van der Waals surface area contributed by atoms with E-state index >= 15 is 0 Å². The smallest absolute Gasteiger partial charge is 0.349 e. The van der Waals surface area contributed by atoms with Gasteiger partial charge in [0.1, 0.15) is 0 Å². The van der Waals surface area contributed by atoms with E-state index in [4.69, 9.17) is 0 Å². The summed E-state index contributed by atoms with van der Waals surface area (Å²) in [5, 5.41) is 2.44. The van der Waals surface area contributed by atoms with Gasteiger partial charge in [-0.25, -0.2) is 0 Å². The van der Waals surface area contributed by atoms with Gasteiger partial charge in [-0.15, -0.1) is 0 Å². The van der Waals surface area contributed by atoms with Gasteiger partial charge in [0, 0.05) is 32.9 Å². The monoisotopic (exact) mass is 433 g/mol. The number of amides is 2. The Hall–Kier alpha value is -2.87. The molecule has 2 aromatic rings. The first-order valence-electron chi connectivity index (χ1n) is 10.0. The summed E-state index contributed by atoms with van der Waals surface area (Å²) >= 11 is 0. The fraction of sp³-hybridized carbons (Fsp3) is 0.391. The molecule has 166 valence electrons. The maximum atomic E-state index is 14.0. The summed E-state index contributed by atoms with van der Waals surface area (Å²) in [6.45, 7) is 0.167. The van der Waals surface area contributed by atoms with Crippen LogP contribution in [0, 0.1) is 5.41 Å². The van der Waals surface area contributed by atoms with Gasteiger partial charge in [-0.1, -0.05) is 42.5 Å². The molecule has 1 fully saturated rings. The summed E-state index contributed by atoms with van der Waals surface area (Å²) in [6, 6.07) is 15.6. The molecule has 1 unspecified atom stereocenters. The van der Waals surface area contributed by atoms with E-state index in [1.54, 1.807) is 31.1 Å². The van der Waals surface area contributed by atoms with E-state index in [-0.39, 0.29) is 37.5 Å². The van der Waals surface area contributed by atoms with Crippen molar-refractivity contribution < 1.29 is 22.8 Å². The second-order valence-electron chi connectivity index (χ2n) is 8.14. The van der Waals surface area contributed by atoms with E-state index in [2.05, 4.69) is 5.32 Å². The van der Waals surface area contributed by atoms with Gasteiger partial charge in [-0.3, -0.25) is 14.5 Å². The Labute approximate surface area is 179 Å². The molecule has 0 bridgehead atoms. The molecule has 1 heterocycles. The first kappa shape index (κ1) is 22.8. The fourth-order valence-corrected chi connectivity index (χ4v) is 3.70. The van der Waals surface area contributed by atoms with Crippen molar-refractivity contribution in [3.8, 4) is 0 Å². The van der Waals surface area contributed by atoms with Crippen LogP contribution in [0.2, 0.25) is 0 Å². The van der Waals surface area contributed by atoms with E-state index in [9.17, 15) is 22.8 Å². The van der Waals surface area contributed by atoms with Crippen molar-refractivity contribution in [2.45, 2.75) is 25.6 Å². The number of halogens is 3. The van der Waals surface area contributed by atoms with E-state index in [1.807, 2.05) is 30.3 Å². The van der Waals surface area contributed by atoms with Crippen LogP contribution in [0.1, 0.15) is 17.5 Å². The molecule has 1 atom stereocenters. The van der Waals surface area contributed by atoms with Crippen molar-refractivity contribution in [1.82, 2.24) is 9.80 Å². The summed E-state index contributed by atoms with van der Waals surface area (Å²) < 4.78 is 42.1. The number of benzene rings is 2. The third kappa shape index (κ3) is 5.25. The average molecular weight is 433 g/mol. The lowest BCUT2D eigenvalue weighted by Gasteiger charge is -2.30. The van der Waals surface area contributed by atoms with Gasteiger partial charge in [-0.05, 0) is 36.2 Å². The van der Waals surface area contributed by atoms with Crippen LogP contribution in [-0.2, 0) is 22.6 Å². The summed E-state index contributed by atoms with van der Waals surface area (Å²) in [5.41, 5.74) is -0.557. The van der Waals surface area contributed by atoms with Crippen molar-refractivity contribution in [2.24, 2.45) is 5.41 Å². The van der Waals surface area contributed by atoms with Gasteiger partial charge < -0.3 is 10.2 Å². The lowest BCUT2D eigenvalue weighted by atomic mass is 9.85. The third-order valence-corrected chi connectivity index (χ3v) is 5.64. The van der Waals surface area contributed by atoms with Crippen LogP contribution in [0.15, 0.2) is 54.6 Å². The van der Waals surface area contributed by atoms with Crippen molar-refractivity contribution in [2.75, 3.05) is 32.5 Å². The van der Waals surface area contributed by atoms with E-state index in [0.717, 1.165) is 11.1 Å². The Morgan fingerprint density at radius 1 is 1.03 bits per heavy atom. The Morgan fingerprint density at radius 2 is 1.68 bits per heavy atom. The molecule has 1 saturated heterocycles. The first-order chi connectivity index (χ1) is 14.6. The lowest BCUT2D eigenvalue weighted by molar-refractivity contribution is -0.215. The average Bonchev–Trinajstić information content (AvgIpc) is 3.15. The molecule has 31 heavy (non-hydrogen) atoms. The Bertz CT molecular complexity index is 914. The van der Waals surface area contributed by atoms with Crippen LogP contribution in [0.4, 0.5) is 18.9 Å². The van der Waals surface area contributed by atoms with E-state index in [0.29, 0.717) is 6.54 Å². The highest BCUT2D eigenvalue weighted by Gasteiger charge is 2.62. The minimum Gasteiger partial charge on any atom is -0.349 e. The number of hydrogen-bond donors (Lipinski definition) is 1. The van der Waals surface area contributed by atoms with Gasteiger partial charge in [0.2, 0.25) is 11.8 Å². The number of anilines is 1. The van der Waals surface area contributed by atoms with Crippen LogP contribution in [0.3, 0.4) is 0 Å². The quantitative estimate of drug-likeness (QED) is 0.756. The highest BCUT2D eigenvalue weighted by Crippen LogP contribution is 2.46. The third-order valence-electron chi connectivity index (χ3n) is 5.64. The summed E-state index contributed by atoms with van der Waals surface area (Å²) in [4.78, 5) is 27.7. The molecule has 0 radical (unpaired) electrons. The number of alkyl halides is 3. The molecular formula is C23H26F3N3O2. The zero-order chi connectivity index (χ0) is 22.6. The van der Waals surface area contributed by atoms with E-state index in [1.165, 1.54) is 17.0 Å². The zero-order valence-corrected chi connectivity index (χ0v) is 17.6. The molecule has 8 heteroatoms. The van der Waals surface area contributed by atoms with Crippen LogP contribution >= 0.6 is 0 Å². The van der Waals surface area contributed by atoms with Gasteiger partial charge in [-0.2, -0.15) is 13.2 Å². The largest absolute Gasteiger partial charge is 0.404 e. The Morgan fingerprint density at radius 3 is 2.26 bits per heavy atom. The number of carbonyl (C=O) groups is 2. The lowest BCUT2D eigenvalue weighted by Crippen LogP contribution is -2.49. The molecule has 0 aliphatic carbocycles. The van der Waals surface area contributed by atoms with Crippen LogP contribution < -0.4 is 5.32 Å². The number of likely N-dealkylation sites (N-methyl/N-ethyl adjacent to an activating group) is 1. The Balaban J connectivity index is 1.70. The van der Waals surface area contributed by atoms with Crippen LogP contribution in [0.25, 0.3) is 0 Å². The maximum Gasteiger partial charge on any atom is 0.404 e. The molecule has 1 N–H and O–H groups in total. The van der Waals surface area contributed by atoms with Crippen LogP contribution in [0.5, 0.6) is 0 Å². The normalized spacial score (nSPS) is 19.3. The first-order valence-corrected chi connectivity index (χ1v) is 10.0. The van der Waals surface area contributed by atoms with Crippen molar-refractivity contribution in [1.29, 1.82) is 0 Å². The minimum absolute atomic E-state index is 0.0859. The SMILES string of the molecule is CN(C)C(=O)Cc1ccc(NC(=O)C2(C(F)(F)F)CCN(Cc3ccccc3)C2)cc1. The summed E-state index contributed by atoms with van der Waals surface area (Å²) in [7, 11) is 3.30. The standard InChI is InChI=1S/C23H26F3N3O2/c1-28(2)20(30)14-17-8-10-19(11-9-17)27-21(31)22(23(24,25)26)12-13-29(16-22)15-18-6-4-3-5-7-18/h3-11H,12-16H2,1-2H3,(H,27,31). The highest BCUT2D eigenvalue weighted by molar-refractivity contribution is 5.96.